The Morgan fingerprint density at radius 3 is 2.88 bits per heavy atom. The Morgan fingerprint density at radius 1 is 1.28 bits per heavy atom. The minimum Gasteiger partial charge on any atom is -0.377 e. The van der Waals surface area contributed by atoms with Gasteiger partial charge in [0.1, 0.15) is 11.6 Å². The van der Waals surface area contributed by atoms with Crippen molar-refractivity contribution in [3.63, 3.8) is 0 Å². The Bertz CT molecular complexity index is 747. The van der Waals surface area contributed by atoms with Gasteiger partial charge in [-0.05, 0) is 37.8 Å². The van der Waals surface area contributed by atoms with Gasteiger partial charge in [-0.2, -0.15) is 0 Å². The molecule has 2 saturated carbocycles. The molecule has 132 valence electrons. The number of rotatable bonds is 4. The van der Waals surface area contributed by atoms with Crippen molar-refractivity contribution >= 4 is 0 Å². The fourth-order valence-electron chi connectivity index (χ4n) is 5.52. The molecule has 25 heavy (non-hydrogen) atoms. The Morgan fingerprint density at radius 2 is 2.16 bits per heavy atom. The average molecular weight is 338 g/mol. The van der Waals surface area contributed by atoms with Crippen LogP contribution in [-0.2, 0) is 11.3 Å². The number of hydrogen-bond acceptors (Lipinski definition) is 4. The van der Waals surface area contributed by atoms with Gasteiger partial charge < -0.3 is 10.1 Å². The zero-order valence-electron chi connectivity index (χ0n) is 14.8. The lowest BCUT2D eigenvalue weighted by Crippen LogP contribution is -2.67. The normalized spacial score (nSPS) is 29.7. The van der Waals surface area contributed by atoms with Crippen LogP contribution >= 0.6 is 0 Å². The van der Waals surface area contributed by atoms with Gasteiger partial charge >= 0.3 is 0 Å². The smallest absolute Gasteiger partial charge is 0.137 e. The lowest BCUT2D eigenvalue weighted by atomic mass is 9.54. The van der Waals surface area contributed by atoms with Gasteiger partial charge in [-0.15, -0.1) is 0 Å². The standard InChI is InChI=1S/C20H26N4O/c1-14-21-9-10-24(14)17-5-4-15(12-22-17)13-23-18-16-6-11-25-19(16)20(18)7-2-3-8-20/h4-5,9-10,12,16,18-19,23H,2-3,6-8,11,13H2,1H3/t16-,18-,19-/m1/s1. The summed E-state index contributed by atoms with van der Waals surface area (Å²) in [7, 11) is 0. The van der Waals surface area contributed by atoms with Crippen molar-refractivity contribution in [1.29, 1.82) is 0 Å². The summed E-state index contributed by atoms with van der Waals surface area (Å²) < 4.78 is 8.09. The van der Waals surface area contributed by atoms with Crippen LogP contribution < -0.4 is 5.32 Å². The van der Waals surface area contributed by atoms with Crippen LogP contribution in [0.3, 0.4) is 0 Å². The van der Waals surface area contributed by atoms with Crippen molar-refractivity contribution in [3.8, 4) is 5.82 Å². The van der Waals surface area contributed by atoms with Gasteiger partial charge in [0, 0.05) is 49.1 Å². The maximum Gasteiger partial charge on any atom is 0.137 e. The average Bonchev–Trinajstić information content (AvgIpc) is 3.35. The molecule has 1 saturated heterocycles. The molecule has 1 N–H and O–H groups in total. The molecule has 2 aromatic heterocycles. The Labute approximate surface area is 148 Å². The van der Waals surface area contributed by atoms with Crippen LogP contribution in [-0.4, -0.2) is 33.3 Å². The molecule has 3 atom stereocenters. The highest BCUT2D eigenvalue weighted by Crippen LogP contribution is 2.60. The fraction of sp³-hybridized carbons (Fsp3) is 0.600. The first-order valence-corrected chi connectivity index (χ1v) is 9.58. The van der Waals surface area contributed by atoms with Crippen molar-refractivity contribution < 1.29 is 4.74 Å². The molecule has 0 aromatic carbocycles. The number of fused-ring (bicyclic) bond motifs is 2. The molecule has 0 amide bonds. The molecule has 0 unspecified atom stereocenters. The Kier molecular flexibility index (Phi) is 3.68. The van der Waals surface area contributed by atoms with Crippen LogP contribution in [0, 0.1) is 18.3 Å². The molecule has 0 radical (unpaired) electrons. The van der Waals surface area contributed by atoms with Gasteiger partial charge in [-0.25, -0.2) is 9.97 Å². The van der Waals surface area contributed by atoms with Gasteiger partial charge in [-0.3, -0.25) is 4.57 Å². The molecule has 2 aliphatic carbocycles. The van der Waals surface area contributed by atoms with E-state index in [4.69, 9.17) is 4.74 Å². The first kappa shape index (κ1) is 15.5. The molecule has 5 heteroatoms. The molecule has 5 rings (SSSR count). The maximum atomic E-state index is 6.08. The topological polar surface area (TPSA) is 52.0 Å². The van der Waals surface area contributed by atoms with Crippen LogP contribution in [0.4, 0.5) is 0 Å². The Hall–Kier alpha value is -1.72. The van der Waals surface area contributed by atoms with E-state index in [1.54, 1.807) is 0 Å². The third-order valence-electron chi connectivity index (χ3n) is 6.69. The fourth-order valence-corrected chi connectivity index (χ4v) is 5.52. The number of nitrogens with one attached hydrogen (secondary N) is 1. The molecule has 1 aliphatic heterocycles. The lowest BCUT2D eigenvalue weighted by molar-refractivity contribution is -0.130. The number of pyridine rings is 1. The van der Waals surface area contributed by atoms with Gasteiger partial charge in [-0.1, -0.05) is 18.9 Å². The third-order valence-corrected chi connectivity index (χ3v) is 6.69. The van der Waals surface area contributed by atoms with Crippen molar-refractivity contribution in [2.75, 3.05) is 6.61 Å². The highest BCUT2D eigenvalue weighted by molar-refractivity contribution is 5.27. The van der Waals surface area contributed by atoms with E-state index in [0.717, 1.165) is 30.7 Å². The molecular weight excluding hydrogens is 312 g/mol. The number of aromatic nitrogens is 3. The summed E-state index contributed by atoms with van der Waals surface area (Å²) in [5.41, 5.74) is 1.67. The summed E-state index contributed by atoms with van der Waals surface area (Å²) in [5.74, 6) is 2.61. The first-order valence-electron chi connectivity index (χ1n) is 9.58. The van der Waals surface area contributed by atoms with Crippen LogP contribution in [0.5, 0.6) is 0 Å². The quantitative estimate of drug-likeness (QED) is 0.931. The second-order valence-corrected chi connectivity index (χ2v) is 7.91. The van der Waals surface area contributed by atoms with Gasteiger partial charge in [0.2, 0.25) is 0 Å². The number of imidazole rings is 1. The summed E-state index contributed by atoms with van der Waals surface area (Å²) in [4.78, 5) is 8.88. The van der Waals surface area contributed by atoms with Crippen molar-refractivity contribution in [3.05, 3.63) is 42.1 Å². The minimum atomic E-state index is 0.419. The van der Waals surface area contributed by atoms with E-state index in [9.17, 15) is 0 Å². The highest BCUT2D eigenvalue weighted by Gasteiger charge is 2.64. The molecule has 3 fully saturated rings. The van der Waals surface area contributed by atoms with E-state index in [-0.39, 0.29) is 0 Å². The first-order chi connectivity index (χ1) is 12.3. The SMILES string of the molecule is Cc1nccn1-c1ccc(CN[C@@H]2[C@H]3CCO[C@H]3C23CCCC3)cn1. The largest absolute Gasteiger partial charge is 0.377 e. The molecule has 1 spiro atoms. The van der Waals surface area contributed by atoms with E-state index >= 15 is 0 Å². The van der Waals surface area contributed by atoms with Crippen molar-refractivity contribution in [1.82, 2.24) is 19.9 Å². The summed E-state index contributed by atoms with van der Waals surface area (Å²) in [5, 5.41) is 3.87. The number of nitrogens with zero attached hydrogens (tertiary/aromatic N) is 3. The van der Waals surface area contributed by atoms with Crippen LogP contribution in [0.15, 0.2) is 30.7 Å². The molecule has 3 aliphatic rings. The van der Waals surface area contributed by atoms with E-state index < -0.39 is 0 Å². The van der Waals surface area contributed by atoms with Crippen molar-refractivity contribution in [2.24, 2.45) is 11.3 Å². The van der Waals surface area contributed by atoms with E-state index in [2.05, 4.69) is 27.4 Å². The zero-order valence-corrected chi connectivity index (χ0v) is 14.8. The number of hydrogen-bond donors (Lipinski definition) is 1. The molecule has 0 bridgehead atoms. The molecule has 3 heterocycles. The van der Waals surface area contributed by atoms with E-state index in [1.165, 1.54) is 37.7 Å². The molecule has 5 nitrogen and oxygen atoms in total. The number of aryl methyl sites for hydroxylation is 1. The summed E-state index contributed by atoms with van der Waals surface area (Å²) >= 11 is 0. The predicted octanol–water partition coefficient (Wildman–Crippen LogP) is 3.01. The predicted molar refractivity (Wildman–Crippen MR) is 95.5 cm³/mol. The second-order valence-electron chi connectivity index (χ2n) is 7.91. The monoisotopic (exact) mass is 338 g/mol. The van der Waals surface area contributed by atoms with Crippen molar-refractivity contribution in [2.45, 2.75) is 57.7 Å². The highest BCUT2D eigenvalue weighted by atomic mass is 16.5. The van der Waals surface area contributed by atoms with Gasteiger partial charge in [0.05, 0.1) is 6.10 Å². The summed E-state index contributed by atoms with van der Waals surface area (Å²) in [6.07, 6.45) is 12.9. The van der Waals surface area contributed by atoms with E-state index in [1.807, 2.05) is 30.1 Å². The zero-order chi connectivity index (χ0) is 16.9. The van der Waals surface area contributed by atoms with E-state index in [0.29, 0.717) is 17.6 Å². The lowest BCUT2D eigenvalue weighted by Gasteiger charge is -2.57. The van der Waals surface area contributed by atoms with Crippen LogP contribution in [0.2, 0.25) is 0 Å². The van der Waals surface area contributed by atoms with Crippen LogP contribution in [0.25, 0.3) is 5.82 Å². The van der Waals surface area contributed by atoms with Crippen LogP contribution in [0.1, 0.15) is 43.5 Å². The number of ether oxygens (including phenoxy) is 1. The van der Waals surface area contributed by atoms with Gasteiger partial charge in [0.15, 0.2) is 0 Å². The molecule has 2 aromatic rings. The maximum absolute atomic E-state index is 6.08. The second kappa shape index (κ2) is 5.92. The Balaban J connectivity index is 1.28. The third kappa shape index (κ3) is 2.36. The minimum absolute atomic E-state index is 0.419. The molecular formula is C20H26N4O. The summed E-state index contributed by atoms with van der Waals surface area (Å²) in [6.45, 7) is 3.84. The van der Waals surface area contributed by atoms with Gasteiger partial charge in [0.25, 0.3) is 0 Å². The summed E-state index contributed by atoms with van der Waals surface area (Å²) in [6, 6.07) is 4.88.